The fraction of sp³-hybridized carbons (Fsp3) is 0.182. The Labute approximate surface area is 236 Å². The van der Waals surface area contributed by atoms with Crippen molar-refractivity contribution in [1.82, 2.24) is 4.57 Å². The molecular weight excluding hydrogens is 519 g/mol. The fourth-order valence-electron chi connectivity index (χ4n) is 5.81. The van der Waals surface area contributed by atoms with Gasteiger partial charge in [-0.05, 0) is 60.4 Å². The number of hydrogen-bond acceptors (Lipinski definition) is 4. The number of fused-ring (bicyclic) bond motifs is 4. The SMILES string of the molecule is O=C(C=Cc1ccccc1)Nc1cc(C(=O)Nc2ccccc2F)ccc1N1CC2CC(C1)c1cccc(=O)n1C2. The van der Waals surface area contributed by atoms with E-state index in [1.807, 2.05) is 47.0 Å². The van der Waals surface area contributed by atoms with E-state index in [2.05, 4.69) is 15.5 Å². The lowest BCUT2D eigenvalue weighted by atomic mass is 9.83. The van der Waals surface area contributed by atoms with Crippen molar-refractivity contribution in [1.29, 1.82) is 0 Å². The number of benzene rings is 3. The Balaban J connectivity index is 1.30. The van der Waals surface area contributed by atoms with Crippen LogP contribution in [-0.4, -0.2) is 29.5 Å². The normalized spacial score (nSPS) is 17.6. The summed E-state index contributed by atoms with van der Waals surface area (Å²) in [6.07, 6.45) is 4.17. The molecule has 2 atom stereocenters. The van der Waals surface area contributed by atoms with E-state index in [0.717, 1.165) is 23.4 Å². The molecule has 1 saturated heterocycles. The summed E-state index contributed by atoms with van der Waals surface area (Å²) in [7, 11) is 0. The molecule has 206 valence electrons. The van der Waals surface area contributed by atoms with E-state index >= 15 is 0 Å². The average Bonchev–Trinajstić information content (AvgIpc) is 2.98. The van der Waals surface area contributed by atoms with Crippen LogP contribution >= 0.6 is 0 Å². The molecule has 0 radical (unpaired) electrons. The van der Waals surface area contributed by atoms with Crippen LogP contribution in [0.4, 0.5) is 21.5 Å². The van der Waals surface area contributed by atoms with E-state index in [1.165, 1.54) is 18.2 Å². The summed E-state index contributed by atoms with van der Waals surface area (Å²) in [6.45, 7) is 2.02. The molecule has 3 heterocycles. The third-order valence-electron chi connectivity index (χ3n) is 7.69. The van der Waals surface area contributed by atoms with E-state index in [1.54, 1.807) is 42.5 Å². The molecule has 2 aliphatic rings. The predicted octanol–water partition coefficient (Wildman–Crippen LogP) is 5.52. The molecule has 41 heavy (non-hydrogen) atoms. The quantitative estimate of drug-likeness (QED) is 0.311. The number of hydrogen-bond donors (Lipinski definition) is 2. The Morgan fingerprint density at radius 3 is 2.46 bits per heavy atom. The van der Waals surface area contributed by atoms with E-state index in [-0.39, 0.29) is 34.6 Å². The lowest BCUT2D eigenvalue weighted by molar-refractivity contribution is -0.111. The number of para-hydroxylation sites is 1. The molecule has 2 N–H and O–H groups in total. The average molecular weight is 549 g/mol. The van der Waals surface area contributed by atoms with Crippen LogP contribution in [0.3, 0.4) is 0 Å². The van der Waals surface area contributed by atoms with Gasteiger partial charge in [0.15, 0.2) is 0 Å². The van der Waals surface area contributed by atoms with Crippen LogP contribution in [0.2, 0.25) is 0 Å². The molecule has 8 heteroatoms. The van der Waals surface area contributed by atoms with Crippen LogP contribution in [0.5, 0.6) is 0 Å². The van der Waals surface area contributed by atoms with Crippen molar-refractivity contribution in [3.63, 3.8) is 0 Å². The third kappa shape index (κ3) is 5.68. The summed E-state index contributed by atoms with van der Waals surface area (Å²) in [6, 6.07) is 26.0. The maximum Gasteiger partial charge on any atom is 0.255 e. The number of piperidine rings is 1. The number of pyridine rings is 1. The molecule has 1 aromatic heterocycles. The van der Waals surface area contributed by atoms with Crippen LogP contribution in [-0.2, 0) is 11.3 Å². The van der Waals surface area contributed by atoms with E-state index < -0.39 is 11.7 Å². The van der Waals surface area contributed by atoms with Gasteiger partial charge in [0, 0.05) is 49.0 Å². The second-order valence-corrected chi connectivity index (χ2v) is 10.5. The Hall–Kier alpha value is -4.98. The summed E-state index contributed by atoms with van der Waals surface area (Å²) >= 11 is 0. The van der Waals surface area contributed by atoms with Gasteiger partial charge in [0.2, 0.25) is 5.91 Å². The molecule has 0 spiro atoms. The first-order valence-corrected chi connectivity index (χ1v) is 13.6. The standard InChI is InChI=1S/C33H29FN4O3/c34-26-9-4-5-10-27(26)36-33(41)24-14-15-30(28(18-24)35-31(39)16-13-22-7-2-1-3-8-22)37-19-23-17-25(21-37)29-11-6-12-32(40)38(29)20-23/h1-16,18,23,25H,17,19-21H2,(H,35,39)(H,36,41). The first kappa shape index (κ1) is 26.3. The summed E-state index contributed by atoms with van der Waals surface area (Å²) in [5.41, 5.74) is 3.57. The lowest BCUT2D eigenvalue weighted by Crippen LogP contribution is -2.47. The van der Waals surface area contributed by atoms with Gasteiger partial charge >= 0.3 is 0 Å². The van der Waals surface area contributed by atoms with Crippen LogP contribution in [0, 0.1) is 11.7 Å². The Morgan fingerprint density at radius 1 is 0.829 bits per heavy atom. The topological polar surface area (TPSA) is 83.4 Å². The summed E-state index contributed by atoms with van der Waals surface area (Å²) in [5, 5.41) is 5.58. The van der Waals surface area contributed by atoms with Crippen molar-refractivity contribution in [2.24, 2.45) is 5.92 Å². The highest BCUT2D eigenvalue weighted by Crippen LogP contribution is 2.39. The number of anilines is 3. The van der Waals surface area contributed by atoms with Gasteiger partial charge in [-0.1, -0.05) is 48.5 Å². The van der Waals surface area contributed by atoms with Crippen molar-refractivity contribution in [2.75, 3.05) is 28.6 Å². The Kier molecular flexibility index (Phi) is 7.20. The number of carbonyl (C=O) groups excluding carboxylic acids is 2. The number of halogens is 1. The Bertz CT molecular complexity index is 1700. The molecule has 0 saturated carbocycles. The summed E-state index contributed by atoms with van der Waals surface area (Å²) < 4.78 is 16.1. The highest BCUT2D eigenvalue weighted by Gasteiger charge is 2.35. The molecule has 3 aromatic carbocycles. The highest BCUT2D eigenvalue weighted by molar-refractivity contribution is 6.08. The zero-order valence-electron chi connectivity index (χ0n) is 22.3. The molecule has 2 aliphatic heterocycles. The molecule has 1 fully saturated rings. The van der Waals surface area contributed by atoms with E-state index in [4.69, 9.17) is 0 Å². The third-order valence-corrected chi connectivity index (χ3v) is 7.69. The van der Waals surface area contributed by atoms with Gasteiger partial charge in [-0.2, -0.15) is 0 Å². The molecule has 2 bridgehead atoms. The van der Waals surface area contributed by atoms with Crippen molar-refractivity contribution in [3.8, 4) is 0 Å². The number of amides is 2. The zero-order valence-corrected chi connectivity index (χ0v) is 22.3. The molecule has 2 amide bonds. The lowest BCUT2D eigenvalue weighted by Gasteiger charge is -2.44. The number of nitrogens with one attached hydrogen (secondary N) is 2. The van der Waals surface area contributed by atoms with Gasteiger partial charge in [-0.25, -0.2) is 4.39 Å². The number of carbonyl (C=O) groups is 2. The minimum absolute atomic E-state index is 0.0222. The maximum absolute atomic E-state index is 14.2. The fourth-order valence-corrected chi connectivity index (χ4v) is 5.81. The van der Waals surface area contributed by atoms with E-state index in [0.29, 0.717) is 25.3 Å². The van der Waals surface area contributed by atoms with Crippen molar-refractivity contribution in [2.45, 2.75) is 18.9 Å². The van der Waals surface area contributed by atoms with Gasteiger partial charge in [0.25, 0.3) is 11.5 Å². The minimum atomic E-state index is -0.531. The highest BCUT2D eigenvalue weighted by atomic mass is 19.1. The van der Waals surface area contributed by atoms with Crippen LogP contribution < -0.4 is 21.1 Å². The largest absolute Gasteiger partial charge is 0.369 e. The molecular formula is C33H29FN4O3. The molecule has 7 nitrogen and oxygen atoms in total. The van der Waals surface area contributed by atoms with Gasteiger partial charge in [-0.3, -0.25) is 14.4 Å². The minimum Gasteiger partial charge on any atom is -0.369 e. The van der Waals surface area contributed by atoms with Gasteiger partial charge < -0.3 is 20.1 Å². The monoisotopic (exact) mass is 548 g/mol. The first-order chi connectivity index (χ1) is 19.9. The van der Waals surface area contributed by atoms with E-state index in [9.17, 15) is 18.8 Å². The van der Waals surface area contributed by atoms with Crippen molar-refractivity contribution < 1.29 is 14.0 Å². The second kappa shape index (κ2) is 11.3. The molecule has 4 aromatic rings. The van der Waals surface area contributed by atoms with Crippen molar-refractivity contribution in [3.05, 3.63) is 130 Å². The first-order valence-electron chi connectivity index (χ1n) is 13.6. The molecule has 0 aliphatic carbocycles. The molecule has 2 unspecified atom stereocenters. The summed E-state index contributed by atoms with van der Waals surface area (Å²) in [4.78, 5) is 40.8. The number of nitrogens with zero attached hydrogens (tertiary/aromatic N) is 2. The van der Waals surface area contributed by atoms with Crippen LogP contribution in [0.15, 0.2) is 102 Å². The Morgan fingerprint density at radius 2 is 1.63 bits per heavy atom. The van der Waals surface area contributed by atoms with Crippen LogP contribution in [0.25, 0.3) is 6.08 Å². The maximum atomic E-state index is 14.2. The number of rotatable bonds is 6. The van der Waals surface area contributed by atoms with Crippen molar-refractivity contribution >= 4 is 35.0 Å². The van der Waals surface area contributed by atoms with Gasteiger partial charge in [0.05, 0.1) is 17.1 Å². The van der Waals surface area contributed by atoms with Crippen LogP contribution in [0.1, 0.15) is 34.0 Å². The predicted molar refractivity (Wildman–Crippen MR) is 159 cm³/mol. The second-order valence-electron chi connectivity index (χ2n) is 10.5. The molecule has 6 rings (SSSR count). The summed E-state index contributed by atoms with van der Waals surface area (Å²) in [5.74, 6) is -0.915. The van der Waals surface area contributed by atoms with Gasteiger partial charge in [0.1, 0.15) is 5.82 Å². The zero-order chi connectivity index (χ0) is 28.3. The smallest absolute Gasteiger partial charge is 0.255 e. The van der Waals surface area contributed by atoms with Gasteiger partial charge in [-0.15, -0.1) is 0 Å². The number of aromatic nitrogens is 1.